The molecule has 3 rings (SSSR count). The van der Waals surface area contributed by atoms with Crippen molar-refractivity contribution in [2.24, 2.45) is 0 Å². The van der Waals surface area contributed by atoms with Crippen molar-refractivity contribution in [3.05, 3.63) is 66.2 Å². The summed E-state index contributed by atoms with van der Waals surface area (Å²) in [7, 11) is 0. The number of nitrogens with one attached hydrogen (secondary N) is 1. The normalized spacial score (nSPS) is 12.5. The van der Waals surface area contributed by atoms with Crippen LogP contribution in [-0.4, -0.2) is 15.4 Å². The van der Waals surface area contributed by atoms with Crippen molar-refractivity contribution >= 4 is 11.5 Å². The molecule has 0 spiro atoms. The Bertz CT molecular complexity index is 703. The highest BCUT2D eigenvalue weighted by Gasteiger charge is 2.06. The highest BCUT2D eigenvalue weighted by molar-refractivity contribution is 5.50. The molecule has 0 aliphatic heterocycles. The Balaban J connectivity index is 1.74. The van der Waals surface area contributed by atoms with E-state index in [1.807, 2.05) is 40.9 Å². The molecule has 2 aromatic heterocycles. The van der Waals surface area contributed by atoms with Crippen LogP contribution < -0.4 is 5.32 Å². The Kier molecular flexibility index (Phi) is 3.37. The number of rotatable bonds is 4. The molecule has 0 saturated heterocycles. The standard InChI is InChI=1S/C16H16FN3/c1-12(11-13-5-7-14(17)8-6-13)19-16-4-2-3-15-18-9-10-20(15)16/h2-10,12,19H,11H2,1H3. The fraction of sp³-hybridized carbons (Fsp3) is 0.188. The smallest absolute Gasteiger partial charge is 0.138 e. The van der Waals surface area contributed by atoms with E-state index in [0.29, 0.717) is 0 Å². The van der Waals surface area contributed by atoms with Gasteiger partial charge in [0.2, 0.25) is 0 Å². The minimum atomic E-state index is -0.197. The van der Waals surface area contributed by atoms with E-state index < -0.39 is 0 Å². The van der Waals surface area contributed by atoms with Crippen molar-refractivity contribution < 1.29 is 4.39 Å². The molecule has 0 bridgehead atoms. The van der Waals surface area contributed by atoms with Crippen LogP contribution >= 0.6 is 0 Å². The number of hydrogen-bond acceptors (Lipinski definition) is 2. The van der Waals surface area contributed by atoms with Crippen LogP contribution in [0.4, 0.5) is 10.2 Å². The van der Waals surface area contributed by atoms with Gasteiger partial charge in [-0.05, 0) is 43.2 Å². The van der Waals surface area contributed by atoms with Crippen LogP contribution in [-0.2, 0) is 6.42 Å². The fourth-order valence-electron chi connectivity index (χ4n) is 2.34. The van der Waals surface area contributed by atoms with Crippen LogP contribution in [0.25, 0.3) is 5.65 Å². The Morgan fingerprint density at radius 1 is 1.20 bits per heavy atom. The number of halogens is 1. The molecule has 3 aromatic rings. The molecule has 0 fully saturated rings. The van der Waals surface area contributed by atoms with Crippen LogP contribution in [0.3, 0.4) is 0 Å². The number of fused-ring (bicyclic) bond motifs is 1. The summed E-state index contributed by atoms with van der Waals surface area (Å²) in [6.07, 6.45) is 4.55. The Labute approximate surface area is 117 Å². The maximum Gasteiger partial charge on any atom is 0.138 e. The molecule has 0 aliphatic rings. The first-order valence-electron chi connectivity index (χ1n) is 6.65. The summed E-state index contributed by atoms with van der Waals surface area (Å²) in [6.45, 7) is 2.11. The fourth-order valence-corrected chi connectivity index (χ4v) is 2.34. The van der Waals surface area contributed by atoms with Gasteiger partial charge < -0.3 is 5.32 Å². The van der Waals surface area contributed by atoms with Gasteiger partial charge in [0.25, 0.3) is 0 Å². The van der Waals surface area contributed by atoms with Gasteiger partial charge in [-0.2, -0.15) is 0 Å². The zero-order valence-corrected chi connectivity index (χ0v) is 11.3. The van der Waals surface area contributed by atoms with Gasteiger partial charge in [0.15, 0.2) is 0 Å². The van der Waals surface area contributed by atoms with E-state index in [4.69, 9.17) is 0 Å². The predicted molar refractivity (Wildman–Crippen MR) is 78.4 cm³/mol. The average molecular weight is 269 g/mol. The second kappa shape index (κ2) is 5.33. The minimum Gasteiger partial charge on any atom is -0.368 e. The van der Waals surface area contributed by atoms with Crippen molar-refractivity contribution in [1.29, 1.82) is 0 Å². The van der Waals surface area contributed by atoms with Crippen molar-refractivity contribution in [2.75, 3.05) is 5.32 Å². The van der Waals surface area contributed by atoms with Gasteiger partial charge in [-0.25, -0.2) is 9.37 Å². The number of aromatic nitrogens is 2. The van der Waals surface area contributed by atoms with Gasteiger partial charge in [-0.1, -0.05) is 18.2 Å². The minimum absolute atomic E-state index is 0.197. The number of benzene rings is 1. The summed E-state index contributed by atoms with van der Waals surface area (Å²) in [4.78, 5) is 4.26. The zero-order valence-electron chi connectivity index (χ0n) is 11.3. The SMILES string of the molecule is CC(Cc1ccc(F)cc1)Nc1cccc2nccn12. The van der Waals surface area contributed by atoms with Gasteiger partial charge in [0.05, 0.1) is 0 Å². The molecule has 0 saturated carbocycles. The van der Waals surface area contributed by atoms with Crippen molar-refractivity contribution in [3.63, 3.8) is 0 Å². The molecule has 20 heavy (non-hydrogen) atoms. The largest absolute Gasteiger partial charge is 0.368 e. The highest BCUT2D eigenvalue weighted by Crippen LogP contribution is 2.14. The average Bonchev–Trinajstić information content (AvgIpc) is 2.91. The molecule has 4 heteroatoms. The third kappa shape index (κ3) is 2.64. The molecule has 2 heterocycles. The second-order valence-electron chi connectivity index (χ2n) is 4.94. The van der Waals surface area contributed by atoms with E-state index in [1.54, 1.807) is 6.20 Å². The molecule has 1 unspecified atom stereocenters. The highest BCUT2D eigenvalue weighted by atomic mass is 19.1. The zero-order chi connectivity index (χ0) is 13.9. The molecule has 3 nitrogen and oxygen atoms in total. The first-order chi connectivity index (χ1) is 9.72. The van der Waals surface area contributed by atoms with Gasteiger partial charge in [0.1, 0.15) is 17.3 Å². The summed E-state index contributed by atoms with van der Waals surface area (Å²) in [6, 6.07) is 12.9. The van der Waals surface area contributed by atoms with Crippen LogP contribution in [0.15, 0.2) is 54.9 Å². The Hall–Kier alpha value is -2.36. The summed E-state index contributed by atoms with van der Waals surface area (Å²) < 4.78 is 14.9. The molecule has 102 valence electrons. The molecule has 0 aliphatic carbocycles. The third-order valence-electron chi connectivity index (χ3n) is 3.28. The Morgan fingerprint density at radius 3 is 2.80 bits per heavy atom. The predicted octanol–water partition coefficient (Wildman–Crippen LogP) is 3.52. The van der Waals surface area contributed by atoms with Crippen LogP contribution in [0.2, 0.25) is 0 Å². The van der Waals surface area contributed by atoms with E-state index in [-0.39, 0.29) is 11.9 Å². The Morgan fingerprint density at radius 2 is 2.00 bits per heavy atom. The summed E-state index contributed by atoms with van der Waals surface area (Å²) >= 11 is 0. The van der Waals surface area contributed by atoms with Crippen LogP contribution in [0.5, 0.6) is 0 Å². The van der Waals surface area contributed by atoms with Crippen LogP contribution in [0.1, 0.15) is 12.5 Å². The number of anilines is 1. The molecule has 1 atom stereocenters. The number of hydrogen-bond donors (Lipinski definition) is 1. The number of nitrogens with zero attached hydrogens (tertiary/aromatic N) is 2. The quantitative estimate of drug-likeness (QED) is 0.785. The lowest BCUT2D eigenvalue weighted by Crippen LogP contribution is -2.19. The van der Waals surface area contributed by atoms with E-state index in [2.05, 4.69) is 17.2 Å². The molecule has 1 aromatic carbocycles. The van der Waals surface area contributed by atoms with E-state index >= 15 is 0 Å². The van der Waals surface area contributed by atoms with Crippen molar-refractivity contribution in [1.82, 2.24) is 9.38 Å². The maximum atomic E-state index is 12.9. The second-order valence-corrected chi connectivity index (χ2v) is 4.94. The molecular formula is C16H16FN3. The van der Waals surface area contributed by atoms with Crippen molar-refractivity contribution in [2.45, 2.75) is 19.4 Å². The molecule has 1 N–H and O–H groups in total. The summed E-state index contributed by atoms with van der Waals surface area (Å²) in [5.74, 6) is 0.812. The maximum absolute atomic E-state index is 12.9. The van der Waals surface area contributed by atoms with Gasteiger partial charge >= 0.3 is 0 Å². The molecular weight excluding hydrogens is 253 g/mol. The lowest BCUT2D eigenvalue weighted by Gasteiger charge is -2.16. The lowest BCUT2D eigenvalue weighted by atomic mass is 10.1. The monoisotopic (exact) mass is 269 g/mol. The van der Waals surface area contributed by atoms with Crippen molar-refractivity contribution in [3.8, 4) is 0 Å². The topological polar surface area (TPSA) is 29.3 Å². The molecule has 0 amide bonds. The van der Waals surface area contributed by atoms with Gasteiger partial charge in [0, 0.05) is 18.4 Å². The summed E-state index contributed by atoms with van der Waals surface area (Å²) in [5, 5.41) is 3.46. The van der Waals surface area contributed by atoms with E-state index in [0.717, 1.165) is 23.4 Å². The molecule has 0 radical (unpaired) electrons. The van der Waals surface area contributed by atoms with Gasteiger partial charge in [-0.15, -0.1) is 0 Å². The van der Waals surface area contributed by atoms with Gasteiger partial charge in [-0.3, -0.25) is 4.40 Å². The third-order valence-corrected chi connectivity index (χ3v) is 3.28. The first-order valence-corrected chi connectivity index (χ1v) is 6.65. The van der Waals surface area contributed by atoms with E-state index in [9.17, 15) is 4.39 Å². The first kappa shape index (κ1) is 12.7. The summed E-state index contributed by atoms with van der Waals surface area (Å²) in [5.41, 5.74) is 2.04. The number of pyridine rings is 1. The van der Waals surface area contributed by atoms with E-state index in [1.165, 1.54) is 12.1 Å². The lowest BCUT2D eigenvalue weighted by molar-refractivity contribution is 0.626. The number of imidazole rings is 1. The van der Waals surface area contributed by atoms with Crippen LogP contribution in [0, 0.1) is 5.82 Å².